The molecule has 0 N–H and O–H groups in total. The Morgan fingerprint density at radius 2 is 1.92 bits per heavy atom. The van der Waals surface area contributed by atoms with E-state index in [1.54, 1.807) is 6.07 Å². The van der Waals surface area contributed by atoms with Gasteiger partial charge in [-0.05, 0) is 11.6 Å². The molecule has 0 spiro atoms. The maximum absolute atomic E-state index is 11.0. The van der Waals surface area contributed by atoms with Crippen LogP contribution in [0.5, 0.6) is 0 Å². The molecule has 0 unspecified atom stereocenters. The molecule has 0 saturated carbocycles. The Morgan fingerprint density at radius 3 is 2.33 bits per heavy atom. The predicted octanol–water partition coefficient (Wildman–Crippen LogP) is 2.03. The van der Waals surface area contributed by atoms with Crippen molar-refractivity contribution >= 4 is 30.8 Å². The van der Waals surface area contributed by atoms with Gasteiger partial charge in [-0.15, -0.1) is 0 Å². The Balaban J connectivity index is 3.17. The van der Waals surface area contributed by atoms with Gasteiger partial charge in [0.25, 0.3) is 5.24 Å². The van der Waals surface area contributed by atoms with Crippen LogP contribution in [0.3, 0.4) is 0 Å². The Labute approximate surface area is 79.0 Å². The lowest BCUT2D eigenvalue weighted by Crippen LogP contribution is -2.27. The van der Waals surface area contributed by atoms with Crippen LogP contribution in [0.4, 0.5) is 0 Å². The maximum Gasteiger partial charge on any atom is 0.252 e. The molecular formula is C9H10ClOSi. The van der Waals surface area contributed by atoms with Crippen LogP contribution in [0.2, 0.25) is 13.1 Å². The fourth-order valence-electron chi connectivity index (χ4n) is 1.09. The van der Waals surface area contributed by atoms with E-state index < -0.39 is 8.80 Å². The zero-order valence-electron chi connectivity index (χ0n) is 7.10. The van der Waals surface area contributed by atoms with Crippen LogP contribution >= 0.6 is 11.6 Å². The lowest BCUT2D eigenvalue weighted by Gasteiger charge is -2.06. The van der Waals surface area contributed by atoms with Crippen LogP contribution in [0.25, 0.3) is 0 Å². The number of carbonyl (C=O) groups is 1. The highest BCUT2D eigenvalue weighted by Gasteiger charge is 2.10. The lowest BCUT2D eigenvalue weighted by molar-refractivity contribution is 0.108. The second kappa shape index (κ2) is 3.87. The molecule has 0 aliphatic carbocycles. The molecule has 0 fully saturated rings. The largest absolute Gasteiger partial charge is 0.276 e. The molecule has 1 rings (SSSR count). The molecule has 3 heteroatoms. The van der Waals surface area contributed by atoms with Crippen molar-refractivity contribution in [1.29, 1.82) is 0 Å². The summed E-state index contributed by atoms with van der Waals surface area (Å²) in [5.41, 5.74) is 0.665. The van der Waals surface area contributed by atoms with Crippen molar-refractivity contribution in [3.05, 3.63) is 29.8 Å². The van der Waals surface area contributed by atoms with E-state index in [9.17, 15) is 4.79 Å². The van der Waals surface area contributed by atoms with Crippen LogP contribution in [0.1, 0.15) is 10.4 Å². The quantitative estimate of drug-likeness (QED) is 0.524. The van der Waals surface area contributed by atoms with Crippen molar-refractivity contribution in [3.63, 3.8) is 0 Å². The van der Waals surface area contributed by atoms with Gasteiger partial charge in [-0.25, -0.2) is 0 Å². The number of benzene rings is 1. The van der Waals surface area contributed by atoms with Gasteiger partial charge in [-0.2, -0.15) is 0 Å². The van der Waals surface area contributed by atoms with Gasteiger partial charge in [-0.1, -0.05) is 42.5 Å². The molecular weight excluding hydrogens is 188 g/mol. The first kappa shape index (κ1) is 9.48. The molecule has 1 radical (unpaired) electrons. The minimum Gasteiger partial charge on any atom is -0.276 e. The highest BCUT2D eigenvalue weighted by Crippen LogP contribution is 2.02. The molecule has 1 nitrogen and oxygen atoms in total. The lowest BCUT2D eigenvalue weighted by atomic mass is 10.2. The van der Waals surface area contributed by atoms with Crippen LogP contribution in [0, 0.1) is 0 Å². The van der Waals surface area contributed by atoms with Gasteiger partial charge in [0.15, 0.2) is 0 Å². The van der Waals surface area contributed by atoms with Crippen LogP contribution in [0.15, 0.2) is 24.3 Å². The molecule has 1 aromatic carbocycles. The molecule has 0 aliphatic rings. The van der Waals surface area contributed by atoms with E-state index in [-0.39, 0.29) is 5.24 Å². The van der Waals surface area contributed by atoms with Crippen LogP contribution in [-0.2, 0) is 0 Å². The molecule has 0 bridgehead atoms. The molecule has 1 aromatic rings. The van der Waals surface area contributed by atoms with Crippen LogP contribution in [-0.4, -0.2) is 14.0 Å². The Hall–Kier alpha value is -0.603. The second-order valence-corrected chi connectivity index (χ2v) is 5.70. The molecule has 0 aliphatic heterocycles. The fraction of sp³-hybridized carbons (Fsp3) is 0.222. The summed E-state index contributed by atoms with van der Waals surface area (Å²) >= 11 is 5.43. The maximum atomic E-state index is 11.0. The third kappa shape index (κ3) is 1.96. The standard InChI is InChI=1S/C9H10ClOSi/c1-12(2)8-6-4-3-5-7(8)9(10)11/h3-6H,1-2H3. The molecule has 0 aromatic heterocycles. The van der Waals surface area contributed by atoms with Gasteiger partial charge in [-0.3, -0.25) is 4.79 Å². The van der Waals surface area contributed by atoms with Crippen molar-refractivity contribution in [1.82, 2.24) is 0 Å². The number of carbonyl (C=O) groups excluding carboxylic acids is 1. The van der Waals surface area contributed by atoms with E-state index >= 15 is 0 Å². The zero-order valence-corrected chi connectivity index (χ0v) is 8.85. The van der Waals surface area contributed by atoms with Gasteiger partial charge in [0.05, 0.1) is 8.80 Å². The summed E-state index contributed by atoms with van der Waals surface area (Å²) in [7, 11) is -0.592. The summed E-state index contributed by atoms with van der Waals surface area (Å²) in [5, 5.41) is 0.763. The first-order chi connectivity index (χ1) is 5.63. The third-order valence-corrected chi connectivity index (χ3v) is 3.39. The molecule has 0 heterocycles. The van der Waals surface area contributed by atoms with Crippen molar-refractivity contribution in [2.24, 2.45) is 0 Å². The number of hydrogen-bond donors (Lipinski definition) is 0. The molecule has 12 heavy (non-hydrogen) atoms. The molecule has 0 atom stereocenters. The van der Waals surface area contributed by atoms with E-state index in [4.69, 9.17) is 11.6 Å². The summed E-state index contributed by atoms with van der Waals surface area (Å²) < 4.78 is 0. The Bertz CT molecular complexity index is 296. The van der Waals surface area contributed by atoms with E-state index in [2.05, 4.69) is 13.1 Å². The van der Waals surface area contributed by atoms with Crippen molar-refractivity contribution < 1.29 is 4.79 Å². The van der Waals surface area contributed by atoms with Crippen molar-refractivity contribution in [3.8, 4) is 0 Å². The summed E-state index contributed by atoms with van der Waals surface area (Å²) in [5.74, 6) is 0. The SMILES string of the molecule is C[Si](C)c1ccccc1C(=O)Cl. The zero-order chi connectivity index (χ0) is 9.14. The highest BCUT2D eigenvalue weighted by atomic mass is 35.5. The van der Waals surface area contributed by atoms with E-state index in [0.29, 0.717) is 5.56 Å². The molecule has 0 amide bonds. The topological polar surface area (TPSA) is 17.1 Å². The average molecular weight is 198 g/mol. The monoisotopic (exact) mass is 197 g/mol. The Kier molecular flexibility index (Phi) is 3.06. The van der Waals surface area contributed by atoms with E-state index in [1.165, 1.54) is 0 Å². The number of halogens is 1. The van der Waals surface area contributed by atoms with E-state index in [1.807, 2.05) is 18.2 Å². The van der Waals surface area contributed by atoms with Gasteiger partial charge >= 0.3 is 0 Å². The van der Waals surface area contributed by atoms with Crippen molar-refractivity contribution in [2.75, 3.05) is 0 Å². The number of rotatable bonds is 2. The minimum atomic E-state index is -0.592. The van der Waals surface area contributed by atoms with E-state index in [0.717, 1.165) is 5.19 Å². The second-order valence-electron chi connectivity index (χ2n) is 2.82. The third-order valence-electron chi connectivity index (χ3n) is 1.68. The average Bonchev–Trinajstić information content (AvgIpc) is 2.04. The van der Waals surface area contributed by atoms with Gasteiger partial charge in [0.2, 0.25) is 0 Å². The number of hydrogen-bond acceptors (Lipinski definition) is 1. The van der Waals surface area contributed by atoms with Gasteiger partial charge < -0.3 is 0 Å². The molecule has 63 valence electrons. The first-order valence-corrected chi connectivity index (χ1v) is 6.60. The summed E-state index contributed by atoms with van der Waals surface area (Å²) in [6.45, 7) is 4.28. The summed E-state index contributed by atoms with van der Waals surface area (Å²) in [4.78, 5) is 11.0. The Morgan fingerprint density at radius 1 is 1.33 bits per heavy atom. The summed E-state index contributed by atoms with van der Waals surface area (Å²) in [6.07, 6.45) is 0. The minimum absolute atomic E-state index is 0.350. The fourth-order valence-corrected chi connectivity index (χ4v) is 2.50. The van der Waals surface area contributed by atoms with Gasteiger partial charge in [0, 0.05) is 5.56 Å². The first-order valence-electron chi connectivity index (χ1n) is 3.72. The highest BCUT2D eigenvalue weighted by molar-refractivity contribution is 6.76. The van der Waals surface area contributed by atoms with Crippen molar-refractivity contribution in [2.45, 2.75) is 13.1 Å². The van der Waals surface area contributed by atoms with Crippen LogP contribution < -0.4 is 5.19 Å². The smallest absolute Gasteiger partial charge is 0.252 e. The normalized spacial score (nSPS) is 10.3. The summed E-state index contributed by atoms with van der Waals surface area (Å²) in [6, 6.07) is 7.53. The predicted molar refractivity (Wildman–Crippen MR) is 53.7 cm³/mol. The molecule has 0 saturated heterocycles. The van der Waals surface area contributed by atoms with Gasteiger partial charge in [0.1, 0.15) is 0 Å².